The van der Waals surface area contributed by atoms with Crippen LogP contribution in [0.25, 0.3) is 5.65 Å². The maximum absolute atomic E-state index is 12.1. The number of hydrogen-bond acceptors (Lipinski definition) is 5. The Hall–Kier alpha value is -2.90. The van der Waals surface area contributed by atoms with Gasteiger partial charge in [0.2, 0.25) is 5.95 Å². The summed E-state index contributed by atoms with van der Waals surface area (Å²) in [6.07, 6.45) is 2.44. The molecule has 3 heterocycles. The van der Waals surface area contributed by atoms with Gasteiger partial charge in [0.25, 0.3) is 0 Å². The summed E-state index contributed by atoms with van der Waals surface area (Å²) in [4.78, 5) is 12.1. The molecule has 0 spiro atoms. The van der Waals surface area contributed by atoms with E-state index >= 15 is 0 Å². The molecule has 0 aromatic carbocycles. The smallest absolute Gasteiger partial charge is 0.321 e. The van der Waals surface area contributed by atoms with Crippen molar-refractivity contribution in [3.8, 4) is 0 Å². The molecule has 2 amide bonds. The Morgan fingerprint density at radius 1 is 1.35 bits per heavy atom. The van der Waals surface area contributed by atoms with Gasteiger partial charge in [-0.15, -0.1) is 10.2 Å². The first-order valence-corrected chi connectivity index (χ1v) is 7.33. The number of carbonyl (C=O) groups excluding carboxylic acids is 1. The summed E-state index contributed by atoms with van der Waals surface area (Å²) in [7, 11) is 0. The summed E-state index contributed by atoms with van der Waals surface area (Å²) in [5, 5.41) is 17.4. The van der Waals surface area contributed by atoms with Crippen LogP contribution in [0.4, 0.5) is 10.7 Å². The zero-order valence-corrected chi connectivity index (χ0v) is 13.2. The summed E-state index contributed by atoms with van der Waals surface area (Å²) < 4.78 is 6.84. The van der Waals surface area contributed by atoms with Crippen LogP contribution < -0.4 is 10.6 Å². The van der Waals surface area contributed by atoms with Crippen molar-refractivity contribution in [3.05, 3.63) is 41.4 Å². The fraction of sp³-hybridized carbons (Fsp3) is 0.333. The molecule has 0 bridgehead atoms. The maximum atomic E-state index is 12.1. The molecule has 120 valence electrons. The number of aromatic nitrogens is 4. The minimum Gasteiger partial charge on any atom is -0.361 e. The quantitative estimate of drug-likeness (QED) is 0.768. The van der Waals surface area contributed by atoms with Crippen LogP contribution in [0.3, 0.4) is 0 Å². The van der Waals surface area contributed by atoms with Crippen LogP contribution >= 0.6 is 0 Å². The topological polar surface area (TPSA) is 97.3 Å². The van der Waals surface area contributed by atoms with Crippen LogP contribution in [0.5, 0.6) is 0 Å². The minimum absolute atomic E-state index is 0.0778. The lowest BCUT2D eigenvalue weighted by atomic mass is 10.1. The van der Waals surface area contributed by atoms with E-state index in [2.05, 4.69) is 26.0 Å². The van der Waals surface area contributed by atoms with Crippen LogP contribution in [-0.4, -0.2) is 31.8 Å². The fourth-order valence-electron chi connectivity index (χ4n) is 2.44. The van der Waals surface area contributed by atoms with Gasteiger partial charge in [-0.2, -0.15) is 0 Å². The first-order valence-electron chi connectivity index (χ1n) is 7.33. The van der Waals surface area contributed by atoms with Gasteiger partial charge in [0.1, 0.15) is 5.76 Å². The molecule has 2 N–H and O–H groups in total. The number of rotatable bonds is 4. The zero-order valence-electron chi connectivity index (χ0n) is 13.2. The Labute approximate surface area is 132 Å². The van der Waals surface area contributed by atoms with Crippen molar-refractivity contribution in [3.63, 3.8) is 0 Å². The largest absolute Gasteiger partial charge is 0.361 e. The van der Waals surface area contributed by atoms with E-state index in [1.165, 1.54) is 0 Å². The standard InChI is InChI=1S/C15H18N6O2/c1-9(8-12-10(2)20-23-11(12)3)16-15(22)17-14-19-18-13-6-4-5-7-21(13)14/h4-7,9H,8H2,1-3H3,(H2,16,17,19,22)/t9-/m1/s1. The highest BCUT2D eigenvalue weighted by Gasteiger charge is 2.15. The predicted molar refractivity (Wildman–Crippen MR) is 84.3 cm³/mol. The van der Waals surface area contributed by atoms with Crippen molar-refractivity contribution in [1.29, 1.82) is 0 Å². The number of fused-ring (bicyclic) bond motifs is 1. The van der Waals surface area contributed by atoms with Crippen LogP contribution in [0.15, 0.2) is 28.9 Å². The molecule has 1 atom stereocenters. The van der Waals surface area contributed by atoms with Crippen LogP contribution in [-0.2, 0) is 6.42 Å². The lowest BCUT2D eigenvalue weighted by molar-refractivity contribution is 0.249. The molecule has 0 aliphatic carbocycles. The highest BCUT2D eigenvalue weighted by atomic mass is 16.5. The number of anilines is 1. The molecule has 0 unspecified atom stereocenters. The molecule has 0 aliphatic rings. The molecule has 3 aromatic heterocycles. The van der Waals surface area contributed by atoms with Gasteiger partial charge in [-0.25, -0.2) is 4.79 Å². The van der Waals surface area contributed by atoms with E-state index in [9.17, 15) is 4.79 Å². The highest BCUT2D eigenvalue weighted by molar-refractivity contribution is 5.87. The molecule has 0 saturated carbocycles. The van der Waals surface area contributed by atoms with Gasteiger partial charge in [-0.3, -0.25) is 9.72 Å². The molecule has 3 rings (SSSR count). The number of hydrogen-bond donors (Lipinski definition) is 2. The molecule has 23 heavy (non-hydrogen) atoms. The van der Waals surface area contributed by atoms with Crippen molar-refractivity contribution < 1.29 is 9.32 Å². The Kier molecular flexibility index (Phi) is 3.96. The van der Waals surface area contributed by atoms with Crippen molar-refractivity contribution >= 4 is 17.6 Å². The third-order valence-electron chi connectivity index (χ3n) is 3.61. The lowest BCUT2D eigenvalue weighted by Gasteiger charge is -2.13. The molecule has 0 fully saturated rings. The molecule has 0 aliphatic heterocycles. The third-order valence-corrected chi connectivity index (χ3v) is 3.61. The number of urea groups is 1. The van der Waals surface area contributed by atoms with E-state index in [1.807, 2.05) is 39.0 Å². The van der Waals surface area contributed by atoms with E-state index in [0.29, 0.717) is 18.0 Å². The zero-order chi connectivity index (χ0) is 16.4. The van der Waals surface area contributed by atoms with Gasteiger partial charge in [-0.1, -0.05) is 11.2 Å². The highest BCUT2D eigenvalue weighted by Crippen LogP contribution is 2.14. The maximum Gasteiger partial charge on any atom is 0.321 e. The predicted octanol–water partition coefficient (Wildman–Crippen LogP) is 2.09. The summed E-state index contributed by atoms with van der Waals surface area (Å²) in [5.41, 5.74) is 2.54. The van der Waals surface area contributed by atoms with Crippen molar-refractivity contribution in [2.24, 2.45) is 0 Å². The average Bonchev–Trinajstić information content (AvgIpc) is 3.06. The van der Waals surface area contributed by atoms with Crippen molar-refractivity contribution in [2.75, 3.05) is 5.32 Å². The SMILES string of the molecule is Cc1noc(C)c1C[C@@H](C)NC(=O)Nc1nnc2ccccn12. The molecule has 8 nitrogen and oxygen atoms in total. The minimum atomic E-state index is -0.331. The number of amides is 2. The van der Waals surface area contributed by atoms with E-state index in [-0.39, 0.29) is 12.1 Å². The average molecular weight is 314 g/mol. The number of aryl methyl sites for hydroxylation is 2. The van der Waals surface area contributed by atoms with E-state index in [4.69, 9.17) is 4.52 Å². The van der Waals surface area contributed by atoms with Gasteiger partial charge < -0.3 is 9.84 Å². The summed E-state index contributed by atoms with van der Waals surface area (Å²) in [6, 6.07) is 5.11. The summed E-state index contributed by atoms with van der Waals surface area (Å²) >= 11 is 0. The first-order chi connectivity index (χ1) is 11.0. The Morgan fingerprint density at radius 2 is 2.17 bits per heavy atom. The molecular weight excluding hydrogens is 296 g/mol. The van der Waals surface area contributed by atoms with E-state index < -0.39 is 0 Å². The van der Waals surface area contributed by atoms with Gasteiger partial charge in [0.05, 0.1) is 5.69 Å². The van der Waals surface area contributed by atoms with Gasteiger partial charge in [-0.05, 0) is 39.3 Å². The Bertz CT molecular complexity index is 818. The van der Waals surface area contributed by atoms with Gasteiger partial charge in [0, 0.05) is 17.8 Å². The van der Waals surface area contributed by atoms with E-state index in [1.54, 1.807) is 10.6 Å². The van der Waals surface area contributed by atoms with Crippen LogP contribution in [0.2, 0.25) is 0 Å². The molecular formula is C15H18N6O2. The molecule has 8 heteroatoms. The second-order valence-electron chi connectivity index (χ2n) is 5.46. The first kappa shape index (κ1) is 15.0. The third kappa shape index (κ3) is 3.15. The summed E-state index contributed by atoms with van der Waals surface area (Å²) in [6.45, 7) is 5.68. The summed E-state index contributed by atoms with van der Waals surface area (Å²) in [5.74, 6) is 1.16. The van der Waals surface area contributed by atoms with Crippen LogP contribution in [0, 0.1) is 13.8 Å². The monoisotopic (exact) mass is 314 g/mol. The normalized spacial score (nSPS) is 12.3. The number of carbonyl (C=O) groups is 1. The molecule has 0 radical (unpaired) electrons. The van der Waals surface area contributed by atoms with Gasteiger partial charge >= 0.3 is 6.03 Å². The van der Waals surface area contributed by atoms with Crippen LogP contribution in [0.1, 0.15) is 23.9 Å². The number of pyridine rings is 1. The van der Waals surface area contributed by atoms with E-state index in [0.717, 1.165) is 17.0 Å². The second kappa shape index (κ2) is 6.07. The van der Waals surface area contributed by atoms with Crippen molar-refractivity contribution in [1.82, 2.24) is 25.1 Å². The fourth-order valence-corrected chi connectivity index (χ4v) is 2.44. The Morgan fingerprint density at radius 3 is 2.91 bits per heavy atom. The molecule has 3 aromatic rings. The molecule has 0 saturated heterocycles. The number of nitrogens with one attached hydrogen (secondary N) is 2. The number of nitrogens with zero attached hydrogens (tertiary/aromatic N) is 4. The van der Waals surface area contributed by atoms with Gasteiger partial charge in [0.15, 0.2) is 5.65 Å². The second-order valence-corrected chi connectivity index (χ2v) is 5.46. The Balaban J connectivity index is 1.63. The van der Waals surface area contributed by atoms with Crippen molar-refractivity contribution in [2.45, 2.75) is 33.2 Å². The lowest BCUT2D eigenvalue weighted by Crippen LogP contribution is -2.37.